The van der Waals surface area contributed by atoms with Crippen LogP contribution in [0, 0.1) is 5.82 Å². The van der Waals surface area contributed by atoms with Crippen LogP contribution in [0.2, 0.25) is 10.0 Å². The molecule has 0 fully saturated rings. The first-order valence-corrected chi connectivity index (χ1v) is 12.9. The Labute approximate surface area is 227 Å². The van der Waals surface area contributed by atoms with E-state index in [2.05, 4.69) is 28.2 Å². The summed E-state index contributed by atoms with van der Waals surface area (Å²) in [6.45, 7) is 2.11. The standard InChI is InChI=1S/C27H25BrCl2FNO4/c1-2-3-21(16-4-6-18(7-5-16)27(35)32-13-12-24(33)34)26(17-8-10-19(29)11-9-17)36-23-15-20(30)14-22(31)25(23)28/h4-11,14-15,21,26H,2-3,12-13H2,1H3,(H,32,35)(H,33,34)/t21-,26+/m1/s1. The minimum absolute atomic E-state index is 0.0476. The molecule has 5 nitrogen and oxygen atoms in total. The van der Waals surface area contributed by atoms with E-state index in [4.69, 9.17) is 33.0 Å². The number of nitrogens with one attached hydrogen (secondary N) is 1. The van der Waals surface area contributed by atoms with E-state index in [1.54, 1.807) is 30.3 Å². The summed E-state index contributed by atoms with van der Waals surface area (Å²) in [6, 6.07) is 17.2. The van der Waals surface area contributed by atoms with Crippen LogP contribution in [-0.2, 0) is 4.79 Å². The third-order valence-corrected chi connectivity index (χ3v) is 6.84. The Morgan fingerprint density at radius 1 is 1.03 bits per heavy atom. The molecule has 190 valence electrons. The average Bonchev–Trinajstić information content (AvgIpc) is 2.84. The van der Waals surface area contributed by atoms with Crippen LogP contribution in [0.15, 0.2) is 65.1 Å². The van der Waals surface area contributed by atoms with Gasteiger partial charge in [0.15, 0.2) is 0 Å². The van der Waals surface area contributed by atoms with Crippen LogP contribution in [-0.4, -0.2) is 23.5 Å². The second kappa shape index (κ2) is 13.1. The van der Waals surface area contributed by atoms with Gasteiger partial charge in [-0.1, -0.05) is 60.8 Å². The van der Waals surface area contributed by atoms with Gasteiger partial charge in [0.05, 0.1) is 10.9 Å². The molecule has 0 unspecified atom stereocenters. The van der Waals surface area contributed by atoms with Gasteiger partial charge in [-0.25, -0.2) is 4.39 Å². The van der Waals surface area contributed by atoms with E-state index in [0.717, 1.165) is 24.0 Å². The SMILES string of the molecule is CCC[C@H](c1ccc(C(=O)NCCC(=O)O)cc1)[C@@H](Oc1cc(Cl)cc(F)c1Br)c1ccc(Cl)cc1. The maximum Gasteiger partial charge on any atom is 0.305 e. The van der Waals surface area contributed by atoms with Gasteiger partial charge in [-0.05, 0) is 63.8 Å². The van der Waals surface area contributed by atoms with Gasteiger partial charge in [0, 0.05) is 34.1 Å². The maximum absolute atomic E-state index is 14.4. The molecule has 0 aliphatic rings. The van der Waals surface area contributed by atoms with E-state index < -0.39 is 17.9 Å². The number of carboxylic acids is 1. The fraction of sp³-hybridized carbons (Fsp3) is 0.259. The lowest BCUT2D eigenvalue weighted by molar-refractivity contribution is -0.136. The first-order chi connectivity index (χ1) is 17.2. The molecule has 36 heavy (non-hydrogen) atoms. The summed E-state index contributed by atoms with van der Waals surface area (Å²) in [5.41, 5.74) is 2.20. The Morgan fingerprint density at radius 2 is 1.67 bits per heavy atom. The molecule has 0 saturated heterocycles. The fourth-order valence-electron chi connectivity index (χ4n) is 3.86. The number of hydrogen-bond donors (Lipinski definition) is 2. The van der Waals surface area contributed by atoms with Crippen LogP contribution < -0.4 is 10.1 Å². The van der Waals surface area contributed by atoms with E-state index in [1.165, 1.54) is 6.07 Å². The van der Waals surface area contributed by atoms with Gasteiger partial charge in [0.25, 0.3) is 5.91 Å². The van der Waals surface area contributed by atoms with Gasteiger partial charge in [0.1, 0.15) is 17.7 Å². The number of ether oxygens (including phenoxy) is 1. The maximum atomic E-state index is 14.4. The molecule has 0 spiro atoms. The van der Waals surface area contributed by atoms with Crippen LogP contribution in [0.4, 0.5) is 4.39 Å². The van der Waals surface area contributed by atoms with Crippen LogP contribution in [0.3, 0.4) is 0 Å². The van der Waals surface area contributed by atoms with E-state index in [0.29, 0.717) is 10.6 Å². The highest BCUT2D eigenvalue weighted by Gasteiger charge is 2.28. The molecule has 1 amide bonds. The monoisotopic (exact) mass is 595 g/mol. The highest BCUT2D eigenvalue weighted by atomic mass is 79.9. The van der Waals surface area contributed by atoms with Crippen molar-refractivity contribution in [2.75, 3.05) is 6.54 Å². The summed E-state index contributed by atoms with van der Waals surface area (Å²) in [5, 5.41) is 12.2. The molecule has 0 aliphatic carbocycles. The van der Waals surface area contributed by atoms with E-state index in [-0.39, 0.29) is 40.0 Å². The highest BCUT2D eigenvalue weighted by molar-refractivity contribution is 9.10. The summed E-state index contributed by atoms with van der Waals surface area (Å²) >= 11 is 15.5. The molecule has 0 saturated carbocycles. The van der Waals surface area contributed by atoms with Crippen molar-refractivity contribution >= 4 is 51.0 Å². The molecule has 0 bridgehead atoms. The Bertz CT molecular complexity index is 1210. The number of carbonyl (C=O) groups is 2. The van der Waals surface area contributed by atoms with Gasteiger partial charge in [0.2, 0.25) is 0 Å². The number of benzene rings is 3. The predicted octanol–water partition coefficient (Wildman–Crippen LogP) is 7.80. The topological polar surface area (TPSA) is 75.6 Å². The summed E-state index contributed by atoms with van der Waals surface area (Å²) in [5.74, 6) is -1.73. The molecular weight excluding hydrogens is 572 g/mol. The molecular formula is C27H25BrCl2FNO4. The van der Waals surface area contributed by atoms with E-state index in [9.17, 15) is 14.0 Å². The number of rotatable bonds is 11. The molecule has 0 aromatic heterocycles. The van der Waals surface area contributed by atoms with Gasteiger partial charge >= 0.3 is 5.97 Å². The van der Waals surface area contributed by atoms with Gasteiger partial charge < -0.3 is 15.2 Å². The largest absolute Gasteiger partial charge is 0.484 e. The zero-order chi connectivity index (χ0) is 26.2. The minimum atomic E-state index is -0.979. The number of hydrogen-bond acceptors (Lipinski definition) is 3. The lowest BCUT2D eigenvalue weighted by atomic mass is 9.85. The van der Waals surface area contributed by atoms with Crippen molar-refractivity contribution in [2.24, 2.45) is 0 Å². The molecule has 0 radical (unpaired) electrons. The fourth-order valence-corrected chi connectivity index (χ4v) is 4.50. The van der Waals surface area contributed by atoms with Gasteiger partial charge in [-0.3, -0.25) is 9.59 Å². The third-order valence-electron chi connectivity index (χ3n) is 5.60. The predicted molar refractivity (Wildman–Crippen MR) is 143 cm³/mol. The first-order valence-electron chi connectivity index (χ1n) is 11.4. The van der Waals surface area contributed by atoms with Crippen LogP contribution in [0.25, 0.3) is 0 Å². The normalized spacial score (nSPS) is 12.6. The number of carbonyl (C=O) groups excluding carboxylic acids is 1. The molecule has 3 aromatic rings. The quantitative estimate of drug-likeness (QED) is 0.221. The lowest BCUT2D eigenvalue weighted by Crippen LogP contribution is -2.26. The third kappa shape index (κ3) is 7.45. The van der Waals surface area contributed by atoms with Crippen molar-refractivity contribution < 1.29 is 23.8 Å². The van der Waals surface area contributed by atoms with Crippen molar-refractivity contribution in [3.63, 3.8) is 0 Å². The van der Waals surface area contributed by atoms with Crippen molar-refractivity contribution in [2.45, 2.75) is 38.2 Å². The Morgan fingerprint density at radius 3 is 2.28 bits per heavy atom. The summed E-state index contributed by atoms with van der Waals surface area (Å²) in [7, 11) is 0. The van der Waals surface area contributed by atoms with Crippen molar-refractivity contribution in [3.8, 4) is 5.75 Å². The summed E-state index contributed by atoms with van der Waals surface area (Å²) < 4.78 is 21.0. The minimum Gasteiger partial charge on any atom is -0.484 e. The second-order valence-corrected chi connectivity index (χ2v) is 9.87. The first kappa shape index (κ1) is 28.0. The second-order valence-electron chi connectivity index (χ2n) is 8.21. The van der Waals surface area contributed by atoms with Crippen LogP contribution in [0.5, 0.6) is 5.75 Å². The highest BCUT2D eigenvalue weighted by Crippen LogP contribution is 2.42. The molecule has 0 aliphatic heterocycles. The average molecular weight is 597 g/mol. The lowest BCUT2D eigenvalue weighted by Gasteiger charge is -2.29. The van der Waals surface area contributed by atoms with E-state index in [1.807, 2.05) is 24.3 Å². The zero-order valence-electron chi connectivity index (χ0n) is 19.4. The number of halogens is 4. The van der Waals surface area contributed by atoms with Gasteiger partial charge in [-0.15, -0.1) is 0 Å². The molecule has 2 atom stereocenters. The van der Waals surface area contributed by atoms with Crippen LogP contribution in [0.1, 0.15) is 59.7 Å². The van der Waals surface area contributed by atoms with Crippen molar-refractivity contribution in [3.05, 3.63) is 97.7 Å². The van der Waals surface area contributed by atoms with E-state index >= 15 is 0 Å². The molecule has 2 N–H and O–H groups in total. The summed E-state index contributed by atoms with van der Waals surface area (Å²) in [6.07, 6.45) is 0.938. The molecule has 9 heteroatoms. The Balaban J connectivity index is 1.95. The number of aliphatic carboxylic acids is 1. The summed E-state index contributed by atoms with van der Waals surface area (Å²) in [4.78, 5) is 23.1. The van der Waals surface area contributed by atoms with Crippen molar-refractivity contribution in [1.29, 1.82) is 0 Å². The number of carboxylic acid groups (broad SMARTS) is 1. The molecule has 0 heterocycles. The Hall–Kier alpha value is -2.61. The van der Waals surface area contributed by atoms with Crippen molar-refractivity contribution in [1.82, 2.24) is 5.32 Å². The Kier molecular flexibility index (Phi) is 10.2. The van der Waals surface area contributed by atoms with Crippen LogP contribution >= 0.6 is 39.1 Å². The zero-order valence-corrected chi connectivity index (χ0v) is 22.5. The smallest absolute Gasteiger partial charge is 0.305 e. The molecule has 3 aromatic carbocycles. The number of amides is 1. The van der Waals surface area contributed by atoms with Gasteiger partial charge in [-0.2, -0.15) is 0 Å². The molecule has 3 rings (SSSR count).